The number of aryl methyl sites for hydroxylation is 1. The maximum atomic E-state index is 12.8. The molecule has 0 bridgehead atoms. The lowest BCUT2D eigenvalue weighted by Gasteiger charge is -2.38. The number of fused-ring (bicyclic) bond motifs is 3. The Bertz CT molecular complexity index is 1030. The van der Waals surface area contributed by atoms with E-state index in [1.807, 2.05) is 27.7 Å². The number of amides is 1. The van der Waals surface area contributed by atoms with Crippen LogP contribution in [-0.4, -0.2) is 58.4 Å². The summed E-state index contributed by atoms with van der Waals surface area (Å²) >= 11 is 6.11. The normalized spacial score (nSPS) is 20.2. The van der Waals surface area contributed by atoms with Gasteiger partial charge in [-0.05, 0) is 33.3 Å². The van der Waals surface area contributed by atoms with E-state index in [0.29, 0.717) is 42.5 Å². The van der Waals surface area contributed by atoms with Crippen LogP contribution < -0.4 is 14.5 Å². The van der Waals surface area contributed by atoms with Gasteiger partial charge in [-0.3, -0.25) is 9.69 Å². The van der Waals surface area contributed by atoms with Crippen LogP contribution in [0.1, 0.15) is 43.1 Å². The van der Waals surface area contributed by atoms with Gasteiger partial charge in [0.05, 0.1) is 24.8 Å². The second-order valence-corrected chi connectivity index (χ2v) is 9.13. The number of aldehydes is 1. The molecule has 1 amide bonds. The Kier molecular flexibility index (Phi) is 5.47. The number of carbonyl (C=O) groups excluding carboxylic acids is 2. The molecule has 10 heteroatoms. The lowest BCUT2D eigenvalue weighted by Crippen LogP contribution is -2.50. The third-order valence-electron chi connectivity index (χ3n) is 5.21. The van der Waals surface area contributed by atoms with E-state index in [-0.39, 0.29) is 17.3 Å². The standard InChI is InChI=1S/C21H24ClN5O4/c1-12-5-18(23-8-13(12)11-28)30-15-6-14-9-27(20(29)31-21(2,3)4)19-16(26(14)10-15)7-17(22)24-25-19/h5,7-8,11,14-15H,6,9-10H2,1-4H3/t14-,15-/m1/s1. The van der Waals surface area contributed by atoms with Crippen LogP contribution >= 0.6 is 11.6 Å². The van der Waals surface area contributed by atoms with E-state index < -0.39 is 11.7 Å². The topological polar surface area (TPSA) is 97.8 Å². The molecule has 0 unspecified atom stereocenters. The second kappa shape index (κ2) is 7.96. The summed E-state index contributed by atoms with van der Waals surface area (Å²) in [5.41, 5.74) is 1.42. The fourth-order valence-corrected chi connectivity index (χ4v) is 4.00. The van der Waals surface area contributed by atoms with Gasteiger partial charge in [0.2, 0.25) is 5.88 Å². The third-order valence-corrected chi connectivity index (χ3v) is 5.40. The van der Waals surface area contributed by atoms with Gasteiger partial charge in [-0.25, -0.2) is 9.78 Å². The highest BCUT2D eigenvalue weighted by Crippen LogP contribution is 2.40. The predicted molar refractivity (Wildman–Crippen MR) is 115 cm³/mol. The van der Waals surface area contributed by atoms with Gasteiger partial charge >= 0.3 is 6.09 Å². The zero-order chi connectivity index (χ0) is 22.3. The second-order valence-electron chi connectivity index (χ2n) is 8.75. The van der Waals surface area contributed by atoms with Gasteiger partial charge < -0.3 is 14.4 Å². The summed E-state index contributed by atoms with van der Waals surface area (Å²) < 4.78 is 11.7. The largest absolute Gasteiger partial charge is 0.472 e. The SMILES string of the molecule is Cc1cc(O[C@@H]2C[C@@H]3CN(C(=O)OC(C)(C)C)c4nnc(Cl)cc4N3C2)ncc1C=O. The van der Waals surface area contributed by atoms with Crippen LogP contribution in [0.25, 0.3) is 0 Å². The Hall–Kier alpha value is -2.94. The molecule has 2 aliphatic heterocycles. The van der Waals surface area contributed by atoms with Crippen molar-refractivity contribution in [2.45, 2.75) is 51.9 Å². The van der Waals surface area contributed by atoms with Crippen molar-refractivity contribution in [2.24, 2.45) is 0 Å². The van der Waals surface area contributed by atoms with Crippen molar-refractivity contribution in [1.82, 2.24) is 15.2 Å². The van der Waals surface area contributed by atoms with E-state index >= 15 is 0 Å². The molecule has 0 saturated carbocycles. The Balaban J connectivity index is 1.57. The molecule has 0 aliphatic carbocycles. The monoisotopic (exact) mass is 445 g/mol. The minimum atomic E-state index is -0.632. The van der Waals surface area contributed by atoms with Crippen LogP contribution in [0.5, 0.6) is 5.88 Å². The van der Waals surface area contributed by atoms with Crippen molar-refractivity contribution >= 4 is 35.5 Å². The highest BCUT2D eigenvalue weighted by molar-refractivity contribution is 6.29. The first kappa shape index (κ1) is 21.3. The van der Waals surface area contributed by atoms with Crippen LogP contribution in [0, 0.1) is 6.92 Å². The molecule has 31 heavy (non-hydrogen) atoms. The van der Waals surface area contributed by atoms with Crippen LogP contribution in [0.4, 0.5) is 16.3 Å². The van der Waals surface area contributed by atoms with Gasteiger partial charge in [-0.15, -0.1) is 10.2 Å². The molecule has 0 aromatic carbocycles. The number of aromatic nitrogens is 3. The number of hydrogen-bond acceptors (Lipinski definition) is 8. The fraction of sp³-hybridized carbons (Fsp3) is 0.476. The van der Waals surface area contributed by atoms with Crippen molar-refractivity contribution in [3.63, 3.8) is 0 Å². The Morgan fingerprint density at radius 2 is 2.03 bits per heavy atom. The first-order chi connectivity index (χ1) is 14.6. The lowest BCUT2D eigenvalue weighted by atomic mass is 10.1. The molecule has 1 fully saturated rings. The number of halogens is 1. The van der Waals surface area contributed by atoms with Crippen molar-refractivity contribution in [2.75, 3.05) is 22.9 Å². The van der Waals surface area contributed by atoms with Crippen LogP contribution in [0.15, 0.2) is 18.3 Å². The lowest BCUT2D eigenvalue weighted by molar-refractivity contribution is 0.0574. The highest BCUT2D eigenvalue weighted by Gasteiger charge is 2.43. The smallest absolute Gasteiger partial charge is 0.416 e. The zero-order valence-electron chi connectivity index (χ0n) is 17.8. The van der Waals surface area contributed by atoms with Gasteiger partial charge in [0.15, 0.2) is 17.3 Å². The molecule has 0 N–H and O–H groups in total. The minimum Gasteiger partial charge on any atom is -0.472 e. The molecule has 9 nitrogen and oxygen atoms in total. The van der Waals surface area contributed by atoms with Crippen LogP contribution in [0.2, 0.25) is 5.15 Å². The van der Waals surface area contributed by atoms with Gasteiger partial charge in [0, 0.05) is 30.3 Å². The number of rotatable bonds is 3. The fourth-order valence-electron chi connectivity index (χ4n) is 3.86. The van der Waals surface area contributed by atoms with Crippen molar-refractivity contribution in [1.29, 1.82) is 0 Å². The molecule has 2 aliphatic rings. The molecule has 1 saturated heterocycles. The quantitative estimate of drug-likeness (QED) is 0.663. The number of ether oxygens (including phenoxy) is 2. The zero-order valence-corrected chi connectivity index (χ0v) is 18.6. The van der Waals surface area contributed by atoms with E-state index in [1.54, 1.807) is 12.1 Å². The van der Waals surface area contributed by atoms with Gasteiger partial charge in [-0.1, -0.05) is 11.6 Å². The molecule has 0 spiro atoms. The molecular formula is C21H24ClN5O4. The van der Waals surface area contributed by atoms with E-state index in [2.05, 4.69) is 20.1 Å². The average Bonchev–Trinajstić information content (AvgIpc) is 3.08. The van der Waals surface area contributed by atoms with E-state index in [4.69, 9.17) is 21.1 Å². The first-order valence-corrected chi connectivity index (χ1v) is 10.4. The number of pyridine rings is 1. The molecule has 164 valence electrons. The summed E-state index contributed by atoms with van der Waals surface area (Å²) in [6, 6.07) is 3.46. The van der Waals surface area contributed by atoms with Gasteiger partial charge in [0.25, 0.3) is 0 Å². The average molecular weight is 446 g/mol. The van der Waals surface area contributed by atoms with E-state index in [0.717, 1.165) is 11.8 Å². The summed E-state index contributed by atoms with van der Waals surface area (Å²) in [5.74, 6) is 0.878. The molecule has 2 aromatic heterocycles. The molecular weight excluding hydrogens is 422 g/mol. The number of hydrogen-bond donors (Lipinski definition) is 0. The number of nitrogens with zero attached hydrogens (tertiary/aromatic N) is 5. The molecule has 4 rings (SSSR count). The van der Waals surface area contributed by atoms with Crippen LogP contribution in [-0.2, 0) is 4.74 Å². The molecule has 2 atom stereocenters. The van der Waals surface area contributed by atoms with Gasteiger partial charge in [-0.2, -0.15) is 0 Å². The Morgan fingerprint density at radius 1 is 1.26 bits per heavy atom. The first-order valence-electron chi connectivity index (χ1n) is 10.0. The minimum absolute atomic E-state index is 0.000584. The van der Waals surface area contributed by atoms with Crippen molar-refractivity contribution in [3.05, 3.63) is 34.6 Å². The van der Waals surface area contributed by atoms with Gasteiger partial charge in [0.1, 0.15) is 11.7 Å². The molecule has 4 heterocycles. The maximum Gasteiger partial charge on any atom is 0.416 e. The predicted octanol–water partition coefficient (Wildman–Crippen LogP) is 3.43. The molecule has 2 aromatic rings. The molecule has 0 radical (unpaired) electrons. The summed E-state index contributed by atoms with van der Waals surface area (Å²) in [4.78, 5) is 31.7. The van der Waals surface area contributed by atoms with Crippen LogP contribution in [0.3, 0.4) is 0 Å². The highest BCUT2D eigenvalue weighted by atomic mass is 35.5. The summed E-state index contributed by atoms with van der Waals surface area (Å²) in [6.07, 6.45) is 2.33. The summed E-state index contributed by atoms with van der Waals surface area (Å²) in [6.45, 7) is 8.28. The number of anilines is 2. The third kappa shape index (κ3) is 4.41. The summed E-state index contributed by atoms with van der Waals surface area (Å²) in [7, 11) is 0. The Labute approximate surface area is 185 Å². The summed E-state index contributed by atoms with van der Waals surface area (Å²) in [5, 5.41) is 8.33. The van der Waals surface area contributed by atoms with Crippen molar-refractivity contribution in [3.8, 4) is 5.88 Å². The van der Waals surface area contributed by atoms with Crippen molar-refractivity contribution < 1.29 is 19.1 Å². The maximum absolute atomic E-state index is 12.8. The Morgan fingerprint density at radius 3 is 2.71 bits per heavy atom. The van der Waals surface area contributed by atoms with E-state index in [1.165, 1.54) is 11.1 Å². The number of carbonyl (C=O) groups is 2. The van der Waals surface area contributed by atoms with E-state index in [9.17, 15) is 9.59 Å².